The SMILES string of the molecule is CC(C)CNCc1cc(F)c(N(C)CC(C)(C)C)c(F)c1. The molecule has 2 nitrogen and oxygen atoms in total. The van der Waals surface area contributed by atoms with Gasteiger partial charge < -0.3 is 10.2 Å². The first kappa shape index (κ1) is 17.9. The Bertz CT molecular complexity index is 441. The van der Waals surface area contributed by atoms with Crippen LogP contribution in [0, 0.1) is 23.0 Å². The van der Waals surface area contributed by atoms with E-state index >= 15 is 0 Å². The molecule has 0 bridgehead atoms. The van der Waals surface area contributed by atoms with E-state index in [0.717, 1.165) is 6.54 Å². The molecule has 0 aliphatic carbocycles. The Hall–Kier alpha value is -1.16. The topological polar surface area (TPSA) is 15.3 Å². The van der Waals surface area contributed by atoms with Crippen LogP contribution < -0.4 is 10.2 Å². The van der Waals surface area contributed by atoms with Gasteiger partial charge in [0.1, 0.15) is 17.3 Å². The summed E-state index contributed by atoms with van der Waals surface area (Å²) in [7, 11) is 1.73. The predicted octanol–water partition coefficient (Wildman–Crippen LogP) is 4.19. The molecule has 1 aromatic rings. The highest BCUT2D eigenvalue weighted by Gasteiger charge is 2.20. The lowest BCUT2D eigenvalue weighted by molar-refractivity contribution is 0.414. The van der Waals surface area contributed by atoms with Gasteiger partial charge in [0, 0.05) is 20.1 Å². The molecule has 4 heteroatoms. The van der Waals surface area contributed by atoms with E-state index in [4.69, 9.17) is 0 Å². The molecule has 1 rings (SSSR count). The summed E-state index contributed by atoms with van der Waals surface area (Å²) in [4.78, 5) is 1.65. The smallest absolute Gasteiger partial charge is 0.149 e. The van der Waals surface area contributed by atoms with Gasteiger partial charge >= 0.3 is 0 Å². The van der Waals surface area contributed by atoms with Crippen LogP contribution >= 0.6 is 0 Å². The summed E-state index contributed by atoms with van der Waals surface area (Å²) in [6.45, 7) is 12.2. The molecule has 0 aromatic heterocycles. The summed E-state index contributed by atoms with van der Waals surface area (Å²) in [5, 5.41) is 3.20. The van der Waals surface area contributed by atoms with Crippen LogP contribution in [0.2, 0.25) is 0 Å². The van der Waals surface area contributed by atoms with Crippen molar-refractivity contribution in [2.24, 2.45) is 11.3 Å². The molecule has 21 heavy (non-hydrogen) atoms. The molecule has 0 unspecified atom stereocenters. The second-order valence-corrected chi connectivity index (χ2v) is 7.35. The highest BCUT2D eigenvalue weighted by Crippen LogP contribution is 2.27. The van der Waals surface area contributed by atoms with Gasteiger partial charge in [0.25, 0.3) is 0 Å². The van der Waals surface area contributed by atoms with Crippen LogP contribution in [0.1, 0.15) is 40.2 Å². The van der Waals surface area contributed by atoms with E-state index in [1.165, 1.54) is 12.1 Å². The summed E-state index contributed by atoms with van der Waals surface area (Å²) in [5.41, 5.74) is 0.668. The van der Waals surface area contributed by atoms with Gasteiger partial charge in [0.2, 0.25) is 0 Å². The van der Waals surface area contributed by atoms with Crippen molar-refractivity contribution in [1.29, 1.82) is 0 Å². The Labute approximate surface area is 127 Å². The van der Waals surface area contributed by atoms with Crippen LogP contribution in [0.25, 0.3) is 0 Å². The van der Waals surface area contributed by atoms with Crippen LogP contribution in [0.3, 0.4) is 0 Å². The Morgan fingerprint density at radius 3 is 2.10 bits per heavy atom. The minimum Gasteiger partial charge on any atom is -0.369 e. The molecule has 0 spiro atoms. The molecule has 0 atom stereocenters. The Balaban J connectivity index is 2.84. The second-order valence-electron chi connectivity index (χ2n) is 7.35. The average Bonchev–Trinajstić information content (AvgIpc) is 2.24. The fraction of sp³-hybridized carbons (Fsp3) is 0.647. The maximum absolute atomic E-state index is 14.2. The molecule has 0 saturated carbocycles. The Kier molecular flexibility index (Phi) is 6.14. The Morgan fingerprint density at radius 2 is 1.67 bits per heavy atom. The lowest BCUT2D eigenvalue weighted by atomic mass is 9.96. The van der Waals surface area contributed by atoms with E-state index in [1.807, 2.05) is 20.8 Å². The number of rotatable bonds is 6. The summed E-state index contributed by atoms with van der Waals surface area (Å²) in [6.07, 6.45) is 0. The zero-order chi connectivity index (χ0) is 16.2. The molecule has 1 N–H and O–H groups in total. The third-order valence-electron chi connectivity index (χ3n) is 3.05. The van der Waals surface area contributed by atoms with Crippen molar-refractivity contribution < 1.29 is 8.78 Å². The van der Waals surface area contributed by atoms with E-state index in [1.54, 1.807) is 11.9 Å². The molecule has 0 fully saturated rings. The van der Waals surface area contributed by atoms with E-state index in [0.29, 0.717) is 24.6 Å². The third kappa shape index (κ3) is 6.00. The van der Waals surface area contributed by atoms with E-state index in [2.05, 4.69) is 19.2 Å². The summed E-state index contributed by atoms with van der Waals surface area (Å²) in [5.74, 6) is -0.483. The van der Waals surface area contributed by atoms with E-state index in [-0.39, 0.29) is 11.1 Å². The molecule has 0 amide bonds. The second kappa shape index (κ2) is 7.21. The maximum atomic E-state index is 14.2. The van der Waals surface area contributed by atoms with E-state index < -0.39 is 11.6 Å². The fourth-order valence-corrected chi connectivity index (χ4v) is 2.38. The average molecular weight is 298 g/mol. The number of nitrogens with zero attached hydrogens (tertiary/aromatic N) is 1. The lowest BCUT2D eigenvalue weighted by Crippen LogP contribution is -2.30. The molecular weight excluding hydrogens is 270 g/mol. The lowest BCUT2D eigenvalue weighted by Gasteiger charge is -2.29. The monoisotopic (exact) mass is 298 g/mol. The zero-order valence-electron chi connectivity index (χ0n) is 14.1. The van der Waals surface area contributed by atoms with Gasteiger partial charge in [-0.05, 0) is 35.6 Å². The van der Waals surface area contributed by atoms with Crippen molar-refractivity contribution >= 4 is 5.69 Å². The van der Waals surface area contributed by atoms with Crippen molar-refractivity contribution in [3.8, 4) is 0 Å². The molecule has 0 aliphatic rings. The first-order valence-electron chi connectivity index (χ1n) is 7.50. The molecule has 1 aromatic carbocycles. The number of hydrogen-bond donors (Lipinski definition) is 1. The highest BCUT2D eigenvalue weighted by atomic mass is 19.1. The van der Waals surface area contributed by atoms with Gasteiger partial charge in [-0.15, -0.1) is 0 Å². The number of hydrogen-bond acceptors (Lipinski definition) is 2. The van der Waals surface area contributed by atoms with Crippen LogP contribution in [-0.4, -0.2) is 20.1 Å². The molecular formula is C17H28F2N2. The minimum atomic E-state index is -0.497. The van der Waals surface area contributed by atoms with Crippen LogP contribution in [0.5, 0.6) is 0 Å². The molecule has 120 valence electrons. The minimum absolute atomic E-state index is 0.0227. The van der Waals surface area contributed by atoms with Crippen molar-refractivity contribution in [1.82, 2.24) is 5.32 Å². The number of nitrogens with one attached hydrogen (secondary N) is 1. The van der Waals surface area contributed by atoms with Crippen molar-refractivity contribution in [3.63, 3.8) is 0 Å². The molecule has 0 heterocycles. The van der Waals surface area contributed by atoms with Crippen molar-refractivity contribution in [2.75, 3.05) is 25.0 Å². The maximum Gasteiger partial charge on any atom is 0.149 e. The first-order valence-corrected chi connectivity index (χ1v) is 7.50. The summed E-state index contributed by atoms with van der Waals surface area (Å²) >= 11 is 0. The van der Waals surface area contributed by atoms with Gasteiger partial charge in [-0.3, -0.25) is 0 Å². The standard InChI is InChI=1S/C17H28F2N2/c1-12(2)9-20-10-13-7-14(18)16(15(19)8-13)21(6)11-17(3,4)5/h7-8,12,20H,9-11H2,1-6H3. The Morgan fingerprint density at radius 1 is 1.14 bits per heavy atom. The number of benzene rings is 1. The van der Waals surface area contributed by atoms with Crippen LogP contribution in [-0.2, 0) is 6.54 Å². The molecule has 0 saturated heterocycles. The quantitative estimate of drug-likeness (QED) is 0.847. The molecule has 0 aliphatic heterocycles. The van der Waals surface area contributed by atoms with Gasteiger partial charge in [0.15, 0.2) is 0 Å². The van der Waals surface area contributed by atoms with Gasteiger partial charge in [0.05, 0.1) is 0 Å². The largest absolute Gasteiger partial charge is 0.369 e. The first-order chi connectivity index (χ1) is 9.60. The molecule has 0 radical (unpaired) electrons. The summed E-state index contributed by atoms with van der Waals surface area (Å²) < 4.78 is 28.4. The van der Waals surface area contributed by atoms with Crippen LogP contribution in [0.15, 0.2) is 12.1 Å². The van der Waals surface area contributed by atoms with Gasteiger partial charge in [-0.2, -0.15) is 0 Å². The normalized spacial score (nSPS) is 12.0. The van der Waals surface area contributed by atoms with Gasteiger partial charge in [-0.1, -0.05) is 34.6 Å². The van der Waals surface area contributed by atoms with Gasteiger partial charge in [-0.25, -0.2) is 8.78 Å². The predicted molar refractivity (Wildman–Crippen MR) is 85.6 cm³/mol. The third-order valence-corrected chi connectivity index (χ3v) is 3.05. The van der Waals surface area contributed by atoms with Crippen molar-refractivity contribution in [2.45, 2.75) is 41.2 Å². The zero-order valence-corrected chi connectivity index (χ0v) is 14.1. The fourth-order valence-electron chi connectivity index (χ4n) is 2.38. The summed E-state index contributed by atoms with van der Waals surface area (Å²) in [6, 6.07) is 2.84. The number of anilines is 1. The van der Waals surface area contributed by atoms with E-state index in [9.17, 15) is 8.78 Å². The van der Waals surface area contributed by atoms with Crippen LogP contribution in [0.4, 0.5) is 14.5 Å². The highest BCUT2D eigenvalue weighted by molar-refractivity contribution is 5.50. The van der Waals surface area contributed by atoms with Crippen molar-refractivity contribution in [3.05, 3.63) is 29.3 Å². The number of halogens is 2.